The third-order valence-electron chi connectivity index (χ3n) is 3.35. The minimum absolute atomic E-state index is 0.711. The second-order valence-corrected chi connectivity index (χ2v) is 5.76. The van der Waals surface area contributed by atoms with E-state index in [1.165, 1.54) is 10.4 Å². The first-order valence-electron chi connectivity index (χ1n) is 6.10. The molecule has 0 aromatic carbocycles. The molecule has 5 nitrogen and oxygen atoms in total. The molecule has 0 aliphatic heterocycles. The third-order valence-corrected chi connectivity index (χ3v) is 4.46. The molecule has 0 aliphatic rings. The second kappa shape index (κ2) is 4.62. The summed E-state index contributed by atoms with van der Waals surface area (Å²) >= 11 is 1.71. The lowest BCUT2D eigenvalue weighted by Crippen LogP contribution is -2.02. The van der Waals surface area contributed by atoms with E-state index in [2.05, 4.69) is 39.3 Å². The predicted molar refractivity (Wildman–Crippen MR) is 77.5 cm³/mol. The van der Waals surface area contributed by atoms with Crippen LogP contribution in [0.15, 0.2) is 12.5 Å². The average Bonchev–Trinajstić information content (AvgIpc) is 2.92. The van der Waals surface area contributed by atoms with Crippen LogP contribution in [0.2, 0.25) is 0 Å². The summed E-state index contributed by atoms with van der Waals surface area (Å²) in [5, 5.41) is 11.5. The van der Waals surface area contributed by atoms with Gasteiger partial charge in [0.1, 0.15) is 17.0 Å². The number of anilines is 1. The van der Waals surface area contributed by atoms with Gasteiger partial charge in [0.2, 0.25) is 0 Å². The molecule has 0 amide bonds. The van der Waals surface area contributed by atoms with Crippen molar-refractivity contribution in [2.24, 2.45) is 0 Å². The van der Waals surface area contributed by atoms with Crippen molar-refractivity contribution in [3.05, 3.63) is 34.2 Å². The maximum Gasteiger partial charge on any atom is 0.138 e. The van der Waals surface area contributed by atoms with Gasteiger partial charge in [-0.2, -0.15) is 5.10 Å². The van der Waals surface area contributed by atoms with Crippen molar-refractivity contribution in [2.75, 3.05) is 5.32 Å². The van der Waals surface area contributed by atoms with Gasteiger partial charge in [0.25, 0.3) is 0 Å². The van der Waals surface area contributed by atoms with Gasteiger partial charge in [-0.3, -0.25) is 5.10 Å². The molecule has 0 bridgehead atoms. The van der Waals surface area contributed by atoms with Gasteiger partial charge in [-0.1, -0.05) is 0 Å². The maximum absolute atomic E-state index is 4.36. The number of aryl methyl sites for hydroxylation is 3. The summed E-state index contributed by atoms with van der Waals surface area (Å²) in [6.07, 6.45) is 3.45. The molecule has 0 spiro atoms. The van der Waals surface area contributed by atoms with Crippen molar-refractivity contribution < 1.29 is 0 Å². The monoisotopic (exact) mass is 273 g/mol. The number of aromatic amines is 1. The van der Waals surface area contributed by atoms with E-state index in [-0.39, 0.29) is 0 Å². The van der Waals surface area contributed by atoms with Crippen LogP contribution in [0.5, 0.6) is 0 Å². The number of thiophene rings is 1. The molecule has 3 aromatic heterocycles. The lowest BCUT2D eigenvalue weighted by atomic mass is 10.2. The molecule has 0 fully saturated rings. The summed E-state index contributed by atoms with van der Waals surface area (Å²) in [7, 11) is 0. The van der Waals surface area contributed by atoms with E-state index in [1.54, 1.807) is 17.7 Å². The van der Waals surface area contributed by atoms with Gasteiger partial charge in [0.15, 0.2) is 0 Å². The zero-order valence-electron chi connectivity index (χ0n) is 11.1. The number of nitrogens with one attached hydrogen (secondary N) is 2. The number of nitrogens with zero attached hydrogens (tertiary/aromatic N) is 3. The highest BCUT2D eigenvalue weighted by Crippen LogP contribution is 2.32. The molecule has 3 aromatic rings. The van der Waals surface area contributed by atoms with Crippen LogP contribution in [-0.2, 0) is 6.54 Å². The largest absolute Gasteiger partial charge is 0.365 e. The Hall–Kier alpha value is -1.95. The fourth-order valence-electron chi connectivity index (χ4n) is 2.05. The number of aromatic nitrogens is 4. The molecule has 0 unspecified atom stereocenters. The molecule has 3 rings (SSSR count). The number of H-pyrrole nitrogens is 1. The van der Waals surface area contributed by atoms with Crippen LogP contribution in [0, 0.1) is 20.8 Å². The van der Waals surface area contributed by atoms with E-state index in [1.807, 2.05) is 13.1 Å². The van der Waals surface area contributed by atoms with Crippen molar-refractivity contribution in [1.82, 2.24) is 20.2 Å². The first kappa shape index (κ1) is 12.1. The molecule has 0 radical (unpaired) electrons. The summed E-state index contributed by atoms with van der Waals surface area (Å²) in [6.45, 7) is 6.96. The normalized spacial score (nSPS) is 11.1. The van der Waals surface area contributed by atoms with Crippen molar-refractivity contribution in [2.45, 2.75) is 27.3 Å². The van der Waals surface area contributed by atoms with Gasteiger partial charge in [-0.05, 0) is 26.3 Å². The highest BCUT2D eigenvalue weighted by Gasteiger charge is 2.12. The minimum Gasteiger partial charge on any atom is -0.365 e. The quantitative estimate of drug-likeness (QED) is 0.770. The summed E-state index contributed by atoms with van der Waals surface area (Å²) in [5.41, 5.74) is 3.49. The van der Waals surface area contributed by atoms with E-state index < -0.39 is 0 Å². The summed E-state index contributed by atoms with van der Waals surface area (Å²) in [4.78, 5) is 11.0. The van der Waals surface area contributed by atoms with Gasteiger partial charge in [-0.25, -0.2) is 9.97 Å². The summed E-state index contributed by atoms with van der Waals surface area (Å²) < 4.78 is 0. The highest BCUT2D eigenvalue weighted by molar-refractivity contribution is 7.18. The van der Waals surface area contributed by atoms with Crippen molar-refractivity contribution in [3.8, 4) is 0 Å². The molecular formula is C13H15N5S. The van der Waals surface area contributed by atoms with Crippen molar-refractivity contribution in [1.29, 1.82) is 0 Å². The first-order valence-corrected chi connectivity index (χ1v) is 6.92. The zero-order chi connectivity index (χ0) is 13.4. The zero-order valence-corrected chi connectivity index (χ0v) is 11.9. The molecule has 2 N–H and O–H groups in total. The van der Waals surface area contributed by atoms with Crippen LogP contribution >= 0.6 is 11.3 Å². The standard InChI is InChI=1S/C13H15N5S/c1-7-9(3)19-13-11(7)12(15-6-16-13)14-4-10-5-17-18-8(10)2/h5-6H,4H2,1-3H3,(H,17,18)(H,14,15,16). The first-order chi connectivity index (χ1) is 9.16. The molecule has 3 heterocycles. The minimum atomic E-state index is 0.711. The highest BCUT2D eigenvalue weighted by atomic mass is 32.1. The third kappa shape index (κ3) is 2.08. The van der Waals surface area contributed by atoms with Crippen LogP contribution in [0.25, 0.3) is 10.2 Å². The second-order valence-electron chi connectivity index (χ2n) is 4.56. The van der Waals surface area contributed by atoms with Crippen LogP contribution in [0.1, 0.15) is 21.7 Å². The van der Waals surface area contributed by atoms with E-state index >= 15 is 0 Å². The van der Waals surface area contributed by atoms with E-state index in [9.17, 15) is 0 Å². The van der Waals surface area contributed by atoms with Gasteiger partial charge in [-0.15, -0.1) is 11.3 Å². The van der Waals surface area contributed by atoms with Crippen LogP contribution in [0.4, 0.5) is 5.82 Å². The van der Waals surface area contributed by atoms with E-state index in [0.717, 1.165) is 27.3 Å². The predicted octanol–water partition coefficient (Wildman–Crippen LogP) is 2.95. The Labute approximate surface area is 115 Å². The summed E-state index contributed by atoms with van der Waals surface area (Å²) in [6, 6.07) is 0. The molecule has 0 aliphatic carbocycles. The molecule has 6 heteroatoms. The van der Waals surface area contributed by atoms with Crippen molar-refractivity contribution >= 4 is 27.4 Å². The fraction of sp³-hybridized carbons (Fsp3) is 0.308. The van der Waals surface area contributed by atoms with Gasteiger partial charge in [0.05, 0.1) is 11.6 Å². The Morgan fingerprint density at radius 3 is 2.84 bits per heavy atom. The SMILES string of the molecule is Cc1[nH]ncc1CNc1ncnc2sc(C)c(C)c12. The number of fused-ring (bicyclic) bond motifs is 1. The summed E-state index contributed by atoms with van der Waals surface area (Å²) in [5.74, 6) is 0.896. The lowest BCUT2D eigenvalue weighted by Gasteiger charge is -2.06. The van der Waals surface area contributed by atoms with Crippen LogP contribution in [-0.4, -0.2) is 20.2 Å². The Morgan fingerprint density at radius 2 is 2.11 bits per heavy atom. The molecule has 19 heavy (non-hydrogen) atoms. The van der Waals surface area contributed by atoms with E-state index in [0.29, 0.717) is 6.54 Å². The van der Waals surface area contributed by atoms with E-state index in [4.69, 9.17) is 0 Å². The van der Waals surface area contributed by atoms with Gasteiger partial charge in [0, 0.05) is 22.7 Å². The Balaban J connectivity index is 1.95. The molecule has 0 atom stereocenters. The molecule has 0 saturated heterocycles. The van der Waals surface area contributed by atoms with Gasteiger partial charge >= 0.3 is 0 Å². The maximum atomic E-state index is 4.36. The molecule has 98 valence electrons. The Kier molecular flexibility index (Phi) is 2.94. The number of rotatable bonds is 3. The number of hydrogen-bond acceptors (Lipinski definition) is 5. The smallest absolute Gasteiger partial charge is 0.138 e. The Bertz CT molecular complexity index is 728. The molecule has 0 saturated carbocycles. The number of hydrogen-bond donors (Lipinski definition) is 2. The van der Waals surface area contributed by atoms with Crippen LogP contribution in [0.3, 0.4) is 0 Å². The van der Waals surface area contributed by atoms with Gasteiger partial charge < -0.3 is 5.32 Å². The average molecular weight is 273 g/mol. The fourth-order valence-corrected chi connectivity index (χ4v) is 3.05. The lowest BCUT2D eigenvalue weighted by molar-refractivity contribution is 1.04. The Morgan fingerprint density at radius 1 is 1.26 bits per heavy atom. The topological polar surface area (TPSA) is 66.5 Å². The van der Waals surface area contributed by atoms with Crippen molar-refractivity contribution in [3.63, 3.8) is 0 Å². The van der Waals surface area contributed by atoms with Crippen LogP contribution < -0.4 is 5.32 Å². The molecular weight excluding hydrogens is 258 g/mol.